The van der Waals surface area contributed by atoms with Gasteiger partial charge in [0.15, 0.2) is 0 Å². The van der Waals surface area contributed by atoms with E-state index in [0.29, 0.717) is 23.9 Å². The number of nitrogens with zero attached hydrogens (tertiary/aromatic N) is 1. The van der Waals surface area contributed by atoms with Gasteiger partial charge in [-0.1, -0.05) is 47.5 Å². The van der Waals surface area contributed by atoms with Crippen LogP contribution < -0.4 is 0 Å². The maximum absolute atomic E-state index is 12.9. The summed E-state index contributed by atoms with van der Waals surface area (Å²) >= 11 is 6.35. The highest BCUT2D eigenvalue weighted by Crippen LogP contribution is 2.36. The van der Waals surface area contributed by atoms with Crippen LogP contribution in [0.2, 0.25) is 0 Å². The van der Waals surface area contributed by atoms with Crippen molar-refractivity contribution in [3.8, 4) is 0 Å². The lowest BCUT2D eigenvalue weighted by atomic mass is 9.82. The third kappa shape index (κ3) is 3.46. The Morgan fingerprint density at radius 2 is 1.88 bits per heavy atom. The second-order valence-corrected chi connectivity index (χ2v) is 9.13. The van der Waals surface area contributed by atoms with Gasteiger partial charge in [-0.2, -0.15) is 4.31 Å². The summed E-state index contributed by atoms with van der Waals surface area (Å²) in [6.45, 7) is 4.97. The van der Waals surface area contributed by atoms with E-state index in [1.54, 1.807) is 10.4 Å². The highest BCUT2D eigenvalue weighted by molar-refractivity contribution is 7.89. The van der Waals surface area contributed by atoms with Crippen molar-refractivity contribution in [3.63, 3.8) is 0 Å². The Hall–Kier alpha value is -1.10. The molecule has 0 N–H and O–H groups in total. The van der Waals surface area contributed by atoms with Gasteiger partial charge in [0, 0.05) is 24.0 Å². The van der Waals surface area contributed by atoms with Crippen molar-refractivity contribution < 1.29 is 8.42 Å². The van der Waals surface area contributed by atoms with Crippen LogP contribution in [0, 0.1) is 25.7 Å². The molecule has 24 heavy (non-hydrogen) atoms. The normalized spacial score (nSPS) is 23.3. The highest BCUT2D eigenvalue weighted by Gasteiger charge is 2.33. The molecule has 5 heteroatoms. The summed E-state index contributed by atoms with van der Waals surface area (Å²) in [6.07, 6.45) is 8.99. The molecule has 1 aromatic rings. The van der Waals surface area contributed by atoms with E-state index in [1.807, 2.05) is 26.0 Å². The Kier molecular flexibility index (Phi) is 5.19. The molecule has 0 bridgehead atoms. The van der Waals surface area contributed by atoms with Crippen LogP contribution in [-0.2, 0) is 10.0 Å². The molecule has 1 atom stereocenters. The first-order valence-electron chi connectivity index (χ1n) is 8.49. The van der Waals surface area contributed by atoms with E-state index in [-0.39, 0.29) is 5.92 Å². The molecule has 0 radical (unpaired) electrons. The van der Waals surface area contributed by atoms with Crippen molar-refractivity contribution in [3.05, 3.63) is 52.6 Å². The Labute approximate surface area is 150 Å². The zero-order valence-electron chi connectivity index (χ0n) is 14.2. The average Bonchev–Trinajstić information content (AvgIpc) is 2.55. The van der Waals surface area contributed by atoms with Gasteiger partial charge in [-0.05, 0) is 50.7 Å². The van der Waals surface area contributed by atoms with Gasteiger partial charge in [-0.3, -0.25) is 0 Å². The van der Waals surface area contributed by atoms with Crippen LogP contribution in [0.3, 0.4) is 0 Å². The third-order valence-electron chi connectivity index (χ3n) is 5.07. The van der Waals surface area contributed by atoms with E-state index in [2.05, 4.69) is 18.2 Å². The second-order valence-electron chi connectivity index (χ2n) is 6.79. The summed E-state index contributed by atoms with van der Waals surface area (Å²) in [5.74, 6) is 0.683. The van der Waals surface area contributed by atoms with Crippen LogP contribution in [0.25, 0.3) is 0 Å². The molecule has 1 fully saturated rings. The molecule has 1 aliphatic heterocycles. The average molecular weight is 366 g/mol. The van der Waals surface area contributed by atoms with Crippen LogP contribution in [0.1, 0.15) is 30.4 Å². The predicted molar refractivity (Wildman–Crippen MR) is 98.6 cm³/mol. The number of benzene rings is 1. The summed E-state index contributed by atoms with van der Waals surface area (Å²) in [7, 11) is -3.41. The highest BCUT2D eigenvalue weighted by atomic mass is 35.5. The second kappa shape index (κ2) is 7.03. The first-order valence-corrected chi connectivity index (χ1v) is 10.3. The van der Waals surface area contributed by atoms with E-state index < -0.39 is 10.0 Å². The number of rotatable bonds is 3. The zero-order chi connectivity index (χ0) is 17.3. The summed E-state index contributed by atoms with van der Waals surface area (Å²) in [6, 6.07) is 5.52. The number of hydrogen-bond acceptors (Lipinski definition) is 2. The maximum atomic E-state index is 12.9. The van der Waals surface area contributed by atoms with Crippen molar-refractivity contribution >= 4 is 21.6 Å². The van der Waals surface area contributed by atoms with Gasteiger partial charge in [0.2, 0.25) is 10.0 Å². The molecule has 0 aromatic heterocycles. The summed E-state index contributed by atoms with van der Waals surface area (Å²) in [5.41, 5.74) is 1.90. The summed E-state index contributed by atoms with van der Waals surface area (Å²) in [5, 5.41) is 0.910. The van der Waals surface area contributed by atoms with Crippen LogP contribution in [-0.4, -0.2) is 25.8 Å². The Morgan fingerprint density at radius 1 is 1.17 bits per heavy atom. The molecule has 1 saturated heterocycles. The molecule has 1 aromatic carbocycles. The SMILES string of the molecule is Cc1ccc(S(=O)(=O)N2CCC(C3C=CCC=C3Cl)CC2)c(C)c1. The Morgan fingerprint density at radius 3 is 2.50 bits per heavy atom. The van der Waals surface area contributed by atoms with Crippen LogP contribution in [0.4, 0.5) is 0 Å². The number of allylic oxidation sites excluding steroid dienone is 4. The van der Waals surface area contributed by atoms with Gasteiger partial charge in [0.25, 0.3) is 0 Å². The van der Waals surface area contributed by atoms with E-state index in [0.717, 1.165) is 35.4 Å². The Bertz CT molecular complexity index is 775. The maximum Gasteiger partial charge on any atom is 0.243 e. The van der Waals surface area contributed by atoms with Crippen molar-refractivity contribution in [1.29, 1.82) is 0 Å². The van der Waals surface area contributed by atoms with Gasteiger partial charge >= 0.3 is 0 Å². The molecule has 3 nitrogen and oxygen atoms in total. The first kappa shape index (κ1) is 17.7. The number of aryl methyl sites for hydroxylation is 2. The third-order valence-corrected chi connectivity index (χ3v) is 7.53. The molecular weight excluding hydrogens is 342 g/mol. The van der Waals surface area contributed by atoms with Crippen LogP contribution >= 0.6 is 11.6 Å². The fraction of sp³-hybridized carbons (Fsp3) is 0.474. The van der Waals surface area contributed by atoms with E-state index in [9.17, 15) is 8.42 Å². The number of sulfonamides is 1. The molecule has 1 aliphatic carbocycles. The van der Waals surface area contributed by atoms with Gasteiger partial charge in [-0.25, -0.2) is 8.42 Å². The summed E-state index contributed by atoms with van der Waals surface area (Å²) < 4.78 is 27.5. The standard InChI is InChI=1S/C19H24ClNO2S/c1-14-7-8-19(15(2)13-14)24(22,23)21-11-9-16(10-12-21)17-5-3-4-6-18(17)20/h3,5-8,13,16-17H,4,9-12H2,1-2H3. The smallest absolute Gasteiger partial charge is 0.207 e. The molecule has 1 heterocycles. The molecule has 2 aliphatic rings. The molecule has 1 unspecified atom stereocenters. The lowest BCUT2D eigenvalue weighted by Crippen LogP contribution is -2.40. The zero-order valence-corrected chi connectivity index (χ0v) is 15.8. The topological polar surface area (TPSA) is 37.4 Å². The first-order chi connectivity index (χ1) is 11.4. The lowest BCUT2D eigenvalue weighted by Gasteiger charge is -2.35. The van der Waals surface area contributed by atoms with E-state index >= 15 is 0 Å². The minimum atomic E-state index is -3.41. The quantitative estimate of drug-likeness (QED) is 0.744. The minimum Gasteiger partial charge on any atom is -0.207 e. The minimum absolute atomic E-state index is 0.256. The monoisotopic (exact) mass is 365 g/mol. The molecule has 0 saturated carbocycles. The number of halogens is 1. The molecule has 0 spiro atoms. The van der Waals surface area contributed by atoms with E-state index in [1.165, 1.54) is 0 Å². The predicted octanol–water partition coefficient (Wildman–Crippen LogP) is 4.40. The largest absolute Gasteiger partial charge is 0.243 e. The van der Waals surface area contributed by atoms with Crippen molar-refractivity contribution in [2.75, 3.05) is 13.1 Å². The molecule has 3 rings (SSSR count). The van der Waals surface area contributed by atoms with Crippen molar-refractivity contribution in [2.24, 2.45) is 11.8 Å². The number of piperidine rings is 1. The number of hydrogen-bond donors (Lipinski definition) is 0. The van der Waals surface area contributed by atoms with Crippen molar-refractivity contribution in [1.82, 2.24) is 4.31 Å². The van der Waals surface area contributed by atoms with Crippen molar-refractivity contribution in [2.45, 2.75) is 38.0 Å². The van der Waals surface area contributed by atoms with Gasteiger partial charge in [0.05, 0.1) is 4.90 Å². The Balaban J connectivity index is 1.73. The molecule has 130 valence electrons. The lowest BCUT2D eigenvalue weighted by molar-refractivity contribution is 0.248. The van der Waals surface area contributed by atoms with Crippen LogP contribution in [0.5, 0.6) is 0 Å². The van der Waals surface area contributed by atoms with Crippen LogP contribution in [0.15, 0.2) is 46.4 Å². The van der Waals surface area contributed by atoms with Gasteiger partial charge < -0.3 is 0 Å². The molecule has 0 amide bonds. The fourth-order valence-electron chi connectivity index (χ4n) is 3.72. The molecular formula is C19H24ClNO2S. The fourth-order valence-corrected chi connectivity index (χ4v) is 5.73. The van der Waals surface area contributed by atoms with Gasteiger partial charge in [-0.15, -0.1) is 0 Å². The summed E-state index contributed by atoms with van der Waals surface area (Å²) in [4.78, 5) is 0.432. The van der Waals surface area contributed by atoms with E-state index in [4.69, 9.17) is 11.6 Å². The van der Waals surface area contributed by atoms with Gasteiger partial charge in [0.1, 0.15) is 0 Å².